The third kappa shape index (κ3) is 4.52. The van der Waals surface area contributed by atoms with Crippen molar-refractivity contribution in [2.45, 2.75) is 63.8 Å². The predicted octanol–water partition coefficient (Wildman–Crippen LogP) is 4.07. The van der Waals surface area contributed by atoms with Gasteiger partial charge in [-0.25, -0.2) is 0 Å². The summed E-state index contributed by atoms with van der Waals surface area (Å²) < 4.78 is 5.24. The molecule has 1 aliphatic carbocycles. The summed E-state index contributed by atoms with van der Waals surface area (Å²) in [7, 11) is 0. The van der Waals surface area contributed by atoms with E-state index in [1.807, 2.05) is 24.0 Å². The van der Waals surface area contributed by atoms with Crippen LogP contribution in [-0.4, -0.2) is 40.8 Å². The number of aromatic nitrogens is 1. The maximum Gasteiger partial charge on any atom is 0.289 e. The number of nitrogens with one attached hydrogen (secondary N) is 1. The Labute approximate surface area is 171 Å². The molecule has 1 saturated carbocycles. The van der Waals surface area contributed by atoms with Gasteiger partial charge in [-0.1, -0.05) is 19.3 Å². The lowest BCUT2D eigenvalue weighted by Gasteiger charge is -2.32. The average molecular weight is 396 g/mol. The van der Waals surface area contributed by atoms with Crippen molar-refractivity contribution in [1.82, 2.24) is 15.2 Å². The van der Waals surface area contributed by atoms with Crippen LogP contribution in [0.3, 0.4) is 0 Å². The van der Waals surface area contributed by atoms with Gasteiger partial charge >= 0.3 is 0 Å². The van der Waals surface area contributed by atoms with Crippen molar-refractivity contribution in [2.24, 2.45) is 0 Å². The van der Waals surface area contributed by atoms with Crippen LogP contribution in [0, 0.1) is 6.92 Å². The van der Waals surface area contributed by atoms with Crippen molar-refractivity contribution in [1.29, 1.82) is 0 Å². The minimum Gasteiger partial charge on any atom is -0.459 e. The van der Waals surface area contributed by atoms with Gasteiger partial charge in [-0.15, -0.1) is 0 Å². The molecule has 4 rings (SSSR count). The van der Waals surface area contributed by atoms with Gasteiger partial charge in [0.25, 0.3) is 11.8 Å². The summed E-state index contributed by atoms with van der Waals surface area (Å²) in [6.07, 6.45) is 8.88. The van der Waals surface area contributed by atoms with Gasteiger partial charge in [0.15, 0.2) is 5.76 Å². The number of hydrogen-bond donors (Lipinski definition) is 1. The van der Waals surface area contributed by atoms with Crippen LogP contribution in [0.15, 0.2) is 34.9 Å². The SMILES string of the molecule is Cc1ccc(C(=O)NC2CCCCC2)c(C2CCN(C(=O)c3ccco3)CC2)n1. The summed E-state index contributed by atoms with van der Waals surface area (Å²) in [6, 6.07) is 7.53. The van der Waals surface area contributed by atoms with E-state index in [9.17, 15) is 9.59 Å². The summed E-state index contributed by atoms with van der Waals surface area (Å²) in [5.74, 6) is 0.488. The molecule has 2 aromatic heterocycles. The quantitative estimate of drug-likeness (QED) is 0.847. The van der Waals surface area contributed by atoms with E-state index in [1.54, 1.807) is 12.1 Å². The second-order valence-corrected chi connectivity index (χ2v) is 8.24. The Balaban J connectivity index is 1.45. The van der Waals surface area contributed by atoms with Crippen molar-refractivity contribution in [2.75, 3.05) is 13.1 Å². The van der Waals surface area contributed by atoms with Crippen LogP contribution < -0.4 is 5.32 Å². The number of carbonyl (C=O) groups excluding carboxylic acids is 2. The predicted molar refractivity (Wildman–Crippen MR) is 110 cm³/mol. The summed E-state index contributed by atoms with van der Waals surface area (Å²) in [6.45, 7) is 3.24. The molecule has 3 heterocycles. The fourth-order valence-electron chi connectivity index (χ4n) is 4.50. The zero-order chi connectivity index (χ0) is 20.2. The first kappa shape index (κ1) is 19.7. The van der Waals surface area contributed by atoms with Crippen molar-refractivity contribution in [3.8, 4) is 0 Å². The first-order valence-electron chi connectivity index (χ1n) is 10.7. The van der Waals surface area contributed by atoms with Crippen molar-refractivity contribution in [3.05, 3.63) is 53.2 Å². The van der Waals surface area contributed by atoms with E-state index in [4.69, 9.17) is 9.40 Å². The minimum atomic E-state index is -0.0686. The van der Waals surface area contributed by atoms with Gasteiger partial charge < -0.3 is 14.6 Å². The van der Waals surface area contributed by atoms with Crippen LogP contribution in [0.5, 0.6) is 0 Å². The monoisotopic (exact) mass is 395 g/mol. The highest BCUT2D eigenvalue weighted by Crippen LogP contribution is 2.30. The standard InChI is InChI=1S/C23H29N3O3/c1-16-9-10-19(22(27)25-18-6-3-2-4-7-18)21(24-16)17-11-13-26(14-12-17)23(28)20-8-5-15-29-20/h5,8-10,15,17-18H,2-4,6-7,11-14H2,1H3,(H,25,27). The number of carbonyl (C=O) groups is 2. The maximum atomic E-state index is 13.0. The molecule has 2 amide bonds. The molecule has 154 valence electrons. The second-order valence-electron chi connectivity index (χ2n) is 8.24. The Morgan fingerprint density at radius 1 is 1.07 bits per heavy atom. The molecular weight excluding hydrogens is 366 g/mol. The van der Waals surface area contributed by atoms with E-state index >= 15 is 0 Å². The van der Waals surface area contributed by atoms with Crippen LogP contribution in [0.25, 0.3) is 0 Å². The molecule has 1 N–H and O–H groups in total. The Kier molecular flexibility index (Phi) is 5.97. The lowest BCUT2D eigenvalue weighted by Crippen LogP contribution is -2.39. The molecule has 6 heteroatoms. The first-order chi connectivity index (χ1) is 14.1. The van der Waals surface area contributed by atoms with E-state index in [1.165, 1.54) is 25.5 Å². The number of pyridine rings is 1. The average Bonchev–Trinajstić information content (AvgIpc) is 3.29. The van der Waals surface area contributed by atoms with E-state index in [0.29, 0.717) is 24.4 Å². The molecule has 2 aliphatic rings. The van der Waals surface area contributed by atoms with Crippen molar-refractivity contribution >= 4 is 11.8 Å². The number of furan rings is 1. The fraction of sp³-hybridized carbons (Fsp3) is 0.522. The lowest BCUT2D eigenvalue weighted by molar-refractivity contribution is 0.0678. The van der Waals surface area contributed by atoms with E-state index in [0.717, 1.165) is 37.1 Å². The third-order valence-corrected chi connectivity index (χ3v) is 6.15. The van der Waals surface area contributed by atoms with Gasteiger partial charge in [-0.05, 0) is 56.9 Å². The number of amides is 2. The molecular formula is C23H29N3O3. The summed E-state index contributed by atoms with van der Waals surface area (Å²) >= 11 is 0. The van der Waals surface area contributed by atoms with Crippen LogP contribution >= 0.6 is 0 Å². The van der Waals surface area contributed by atoms with Crippen LogP contribution in [0.1, 0.15) is 83.2 Å². The zero-order valence-corrected chi connectivity index (χ0v) is 17.0. The highest BCUT2D eigenvalue weighted by molar-refractivity contribution is 5.95. The number of likely N-dealkylation sites (tertiary alicyclic amines) is 1. The Morgan fingerprint density at radius 3 is 2.52 bits per heavy atom. The van der Waals surface area contributed by atoms with Gasteiger partial charge in [-0.3, -0.25) is 14.6 Å². The highest BCUT2D eigenvalue weighted by atomic mass is 16.3. The van der Waals surface area contributed by atoms with Crippen LogP contribution in [0.2, 0.25) is 0 Å². The fourth-order valence-corrected chi connectivity index (χ4v) is 4.50. The molecule has 2 fully saturated rings. The Hall–Kier alpha value is -2.63. The van der Waals surface area contributed by atoms with E-state index < -0.39 is 0 Å². The summed E-state index contributed by atoms with van der Waals surface area (Å²) in [5, 5.41) is 3.22. The molecule has 1 saturated heterocycles. The molecule has 0 aromatic carbocycles. The third-order valence-electron chi connectivity index (χ3n) is 6.15. The van der Waals surface area contributed by atoms with Gasteiger partial charge in [-0.2, -0.15) is 0 Å². The molecule has 29 heavy (non-hydrogen) atoms. The number of nitrogens with zero attached hydrogens (tertiary/aromatic N) is 2. The largest absolute Gasteiger partial charge is 0.459 e. The molecule has 0 unspecified atom stereocenters. The number of aryl methyl sites for hydroxylation is 1. The van der Waals surface area contributed by atoms with Crippen molar-refractivity contribution < 1.29 is 14.0 Å². The molecule has 0 radical (unpaired) electrons. The number of rotatable bonds is 4. The highest BCUT2D eigenvalue weighted by Gasteiger charge is 2.29. The molecule has 0 spiro atoms. The lowest BCUT2D eigenvalue weighted by atomic mass is 9.89. The maximum absolute atomic E-state index is 13.0. The second kappa shape index (κ2) is 8.80. The molecule has 1 aliphatic heterocycles. The topological polar surface area (TPSA) is 75.4 Å². The molecule has 6 nitrogen and oxygen atoms in total. The normalized spacial score (nSPS) is 18.6. The Bertz CT molecular complexity index is 848. The Morgan fingerprint density at radius 2 is 1.83 bits per heavy atom. The first-order valence-corrected chi connectivity index (χ1v) is 10.7. The van der Waals surface area contributed by atoms with Gasteiger partial charge in [0.1, 0.15) is 0 Å². The summed E-state index contributed by atoms with van der Waals surface area (Å²) in [5.41, 5.74) is 2.49. The molecule has 2 aromatic rings. The van der Waals surface area contributed by atoms with Gasteiger partial charge in [0.05, 0.1) is 17.5 Å². The minimum absolute atomic E-state index is 0.00603. The number of piperidine rings is 1. The summed E-state index contributed by atoms with van der Waals surface area (Å²) in [4.78, 5) is 32.1. The van der Waals surface area contributed by atoms with E-state index in [2.05, 4.69) is 5.32 Å². The number of hydrogen-bond acceptors (Lipinski definition) is 4. The van der Waals surface area contributed by atoms with Crippen LogP contribution in [0.4, 0.5) is 0 Å². The van der Waals surface area contributed by atoms with Crippen LogP contribution in [-0.2, 0) is 0 Å². The molecule has 0 atom stereocenters. The smallest absolute Gasteiger partial charge is 0.289 e. The van der Waals surface area contributed by atoms with Gasteiger partial charge in [0.2, 0.25) is 0 Å². The van der Waals surface area contributed by atoms with E-state index in [-0.39, 0.29) is 23.8 Å². The van der Waals surface area contributed by atoms with Gasteiger partial charge in [0, 0.05) is 30.7 Å². The van der Waals surface area contributed by atoms with Crippen molar-refractivity contribution in [3.63, 3.8) is 0 Å². The molecule has 0 bridgehead atoms. The zero-order valence-electron chi connectivity index (χ0n) is 17.0.